The van der Waals surface area contributed by atoms with E-state index in [9.17, 15) is 17.6 Å². The topological polar surface area (TPSA) is 75.7 Å². The van der Waals surface area contributed by atoms with Gasteiger partial charge in [0.1, 0.15) is 11.6 Å². The van der Waals surface area contributed by atoms with E-state index in [1.54, 1.807) is 37.4 Å². The first-order chi connectivity index (χ1) is 15.2. The Kier molecular flexibility index (Phi) is 7.15. The van der Waals surface area contributed by atoms with E-state index in [2.05, 4.69) is 5.32 Å². The van der Waals surface area contributed by atoms with E-state index < -0.39 is 15.8 Å². The molecule has 1 amide bonds. The maximum absolute atomic E-state index is 14.2. The highest BCUT2D eigenvalue weighted by Crippen LogP contribution is 2.25. The Morgan fingerprint density at radius 3 is 2.28 bits per heavy atom. The van der Waals surface area contributed by atoms with E-state index in [-0.39, 0.29) is 24.2 Å². The first-order valence-electron chi connectivity index (χ1n) is 9.95. The zero-order chi connectivity index (χ0) is 23.3. The molecule has 3 aromatic rings. The van der Waals surface area contributed by atoms with Crippen LogP contribution in [0.3, 0.4) is 0 Å². The van der Waals surface area contributed by atoms with Gasteiger partial charge in [0.15, 0.2) is 0 Å². The van der Waals surface area contributed by atoms with Gasteiger partial charge in [0.05, 0.1) is 31.6 Å². The van der Waals surface area contributed by atoms with Gasteiger partial charge in [0, 0.05) is 11.1 Å². The first kappa shape index (κ1) is 23.3. The summed E-state index contributed by atoms with van der Waals surface area (Å²) in [6.07, 6.45) is 1.03. The molecule has 6 nitrogen and oxygen atoms in total. The van der Waals surface area contributed by atoms with Crippen LogP contribution in [-0.4, -0.2) is 27.7 Å². The predicted octanol–water partition coefficient (Wildman–Crippen LogP) is 4.29. The number of halogens is 1. The van der Waals surface area contributed by atoms with Crippen molar-refractivity contribution in [3.8, 4) is 5.75 Å². The number of hydrogen-bond acceptors (Lipinski definition) is 4. The lowest BCUT2D eigenvalue weighted by molar-refractivity contribution is 0.0939. The van der Waals surface area contributed by atoms with Crippen LogP contribution >= 0.6 is 0 Å². The molecule has 0 saturated heterocycles. The maximum Gasteiger partial charge on any atom is 0.251 e. The number of carbonyl (C=O) groups excluding carboxylic acids is 1. The molecule has 0 aliphatic carbocycles. The van der Waals surface area contributed by atoms with Crippen LogP contribution in [0.2, 0.25) is 0 Å². The third kappa shape index (κ3) is 5.45. The normalized spacial score (nSPS) is 12.1. The summed E-state index contributed by atoms with van der Waals surface area (Å²) < 4.78 is 45.1. The second-order valence-electron chi connectivity index (χ2n) is 7.36. The number of sulfonamides is 1. The Balaban J connectivity index is 1.75. The third-order valence-corrected chi connectivity index (χ3v) is 6.14. The lowest BCUT2D eigenvalue weighted by Crippen LogP contribution is -2.30. The van der Waals surface area contributed by atoms with Crippen LogP contribution in [0.15, 0.2) is 72.8 Å². The van der Waals surface area contributed by atoms with Gasteiger partial charge in [-0.25, -0.2) is 12.8 Å². The van der Waals surface area contributed by atoms with Gasteiger partial charge in [-0.3, -0.25) is 9.10 Å². The molecular weight excluding hydrogens is 431 g/mol. The van der Waals surface area contributed by atoms with Gasteiger partial charge in [-0.05, 0) is 42.8 Å². The molecule has 8 heteroatoms. The molecule has 1 N–H and O–H groups in total. The number of rotatable bonds is 8. The van der Waals surface area contributed by atoms with Gasteiger partial charge in [0.2, 0.25) is 10.0 Å². The summed E-state index contributed by atoms with van der Waals surface area (Å²) in [5, 5.41) is 2.93. The largest absolute Gasteiger partial charge is 0.496 e. The minimum Gasteiger partial charge on any atom is -0.496 e. The first-order valence-corrected chi connectivity index (χ1v) is 11.8. The lowest BCUT2D eigenvalue weighted by atomic mass is 10.1. The van der Waals surface area contributed by atoms with Crippen LogP contribution in [0.4, 0.5) is 10.1 Å². The highest BCUT2D eigenvalue weighted by atomic mass is 32.2. The Labute approximate surface area is 187 Å². The second-order valence-corrected chi connectivity index (χ2v) is 9.26. The lowest BCUT2D eigenvalue weighted by Gasteiger charge is -2.23. The van der Waals surface area contributed by atoms with E-state index >= 15 is 0 Å². The monoisotopic (exact) mass is 456 g/mol. The fourth-order valence-corrected chi connectivity index (χ4v) is 4.23. The SMILES string of the molecule is COc1ccccc1[C@H](C)NC(=O)c1ccc(CN(c2ccccc2F)S(C)(=O)=O)cc1. The summed E-state index contributed by atoms with van der Waals surface area (Å²) in [6, 6.07) is 19.4. The standard InChI is InChI=1S/C24H25FN2O4S/c1-17(20-8-4-7-11-23(20)31-2)26-24(28)19-14-12-18(13-15-19)16-27(32(3,29)30)22-10-6-5-9-21(22)25/h4-15,17H,16H2,1-3H3,(H,26,28)/t17-/m0/s1. The molecule has 0 aliphatic rings. The van der Waals surface area contributed by atoms with Gasteiger partial charge in [0.25, 0.3) is 5.91 Å². The molecule has 0 radical (unpaired) electrons. The molecule has 3 rings (SSSR count). The van der Waals surface area contributed by atoms with Gasteiger partial charge in [-0.15, -0.1) is 0 Å². The predicted molar refractivity (Wildman–Crippen MR) is 123 cm³/mol. The summed E-state index contributed by atoms with van der Waals surface area (Å²) in [5.41, 5.74) is 1.87. The molecule has 0 heterocycles. The van der Waals surface area contributed by atoms with Crippen molar-refractivity contribution < 1.29 is 22.3 Å². The molecule has 168 valence electrons. The Hall–Kier alpha value is -3.39. The zero-order valence-corrected chi connectivity index (χ0v) is 18.9. The maximum atomic E-state index is 14.2. The average Bonchev–Trinajstić information content (AvgIpc) is 2.77. The minimum absolute atomic E-state index is 0.0255. The second kappa shape index (κ2) is 9.82. The third-order valence-electron chi connectivity index (χ3n) is 5.02. The molecular formula is C24H25FN2O4S. The van der Waals surface area contributed by atoms with Crippen molar-refractivity contribution in [1.82, 2.24) is 5.32 Å². The molecule has 32 heavy (non-hydrogen) atoms. The number of hydrogen-bond donors (Lipinski definition) is 1. The van der Waals surface area contributed by atoms with Crippen molar-refractivity contribution in [1.29, 1.82) is 0 Å². The number of nitrogens with one attached hydrogen (secondary N) is 1. The molecule has 0 aromatic heterocycles. The highest BCUT2D eigenvalue weighted by molar-refractivity contribution is 7.92. The van der Waals surface area contributed by atoms with Crippen LogP contribution in [0.1, 0.15) is 34.5 Å². The number of nitrogens with zero attached hydrogens (tertiary/aromatic N) is 1. The van der Waals surface area contributed by atoms with Crippen molar-refractivity contribution in [2.24, 2.45) is 0 Å². The van der Waals surface area contributed by atoms with Crippen molar-refractivity contribution in [3.05, 3.63) is 95.3 Å². The number of benzene rings is 3. The summed E-state index contributed by atoms with van der Waals surface area (Å²) >= 11 is 0. The number of ether oxygens (including phenoxy) is 1. The van der Waals surface area contributed by atoms with E-state index in [1.165, 1.54) is 18.2 Å². The van der Waals surface area contributed by atoms with Crippen molar-refractivity contribution in [2.45, 2.75) is 19.5 Å². The van der Waals surface area contributed by atoms with Crippen molar-refractivity contribution in [2.75, 3.05) is 17.7 Å². The van der Waals surface area contributed by atoms with Crippen LogP contribution < -0.4 is 14.4 Å². The molecule has 0 spiro atoms. The number of methoxy groups -OCH3 is 1. The zero-order valence-electron chi connectivity index (χ0n) is 18.1. The Morgan fingerprint density at radius 1 is 1.03 bits per heavy atom. The fraction of sp³-hybridized carbons (Fsp3) is 0.208. The van der Waals surface area contributed by atoms with Crippen LogP contribution in [0.5, 0.6) is 5.75 Å². The van der Waals surface area contributed by atoms with Crippen LogP contribution in [-0.2, 0) is 16.6 Å². The van der Waals surface area contributed by atoms with E-state index in [1.807, 2.05) is 31.2 Å². The molecule has 0 bridgehead atoms. The number of amides is 1. The van der Waals surface area contributed by atoms with E-state index in [0.29, 0.717) is 16.9 Å². The fourth-order valence-electron chi connectivity index (χ4n) is 3.34. The Morgan fingerprint density at radius 2 is 1.66 bits per heavy atom. The van der Waals surface area contributed by atoms with Crippen LogP contribution in [0.25, 0.3) is 0 Å². The summed E-state index contributed by atoms with van der Waals surface area (Å²) in [5.74, 6) is -0.215. The smallest absolute Gasteiger partial charge is 0.251 e. The van der Waals surface area contributed by atoms with Gasteiger partial charge >= 0.3 is 0 Å². The molecule has 0 saturated carbocycles. The summed E-state index contributed by atoms with van der Waals surface area (Å²) in [7, 11) is -2.14. The summed E-state index contributed by atoms with van der Waals surface area (Å²) in [6.45, 7) is 1.81. The van der Waals surface area contributed by atoms with Gasteiger partial charge < -0.3 is 10.1 Å². The number of carbonyl (C=O) groups is 1. The van der Waals surface area contributed by atoms with Gasteiger partial charge in [-0.1, -0.05) is 42.5 Å². The molecule has 1 atom stereocenters. The van der Waals surface area contributed by atoms with E-state index in [0.717, 1.165) is 16.1 Å². The average molecular weight is 457 g/mol. The quantitative estimate of drug-likeness (QED) is 0.549. The molecule has 3 aromatic carbocycles. The Bertz CT molecular complexity index is 1200. The van der Waals surface area contributed by atoms with E-state index in [4.69, 9.17) is 4.74 Å². The highest BCUT2D eigenvalue weighted by Gasteiger charge is 2.21. The van der Waals surface area contributed by atoms with Crippen molar-refractivity contribution in [3.63, 3.8) is 0 Å². The van der Waals surface area contributed by atoms with Crippen LogP contribution in [0, 0.1) is 5.82 Å². The number of para-hydroxylation sites is 2. The van der Waals surface area contributed by atoms with Gasteiger partial charge in [-0.2, -0.15) is 0 Å². The molecule has 0 unspecified atom stereocenters. The minimum atomic E-state index is -3.72. The number of anilines is 1. The molecule has 0 fully saturated rings. The van der Waals surface area contributed by atoms with Crippen molar-refractivity contribution >= 4 is 21.6 Å². The summed E-state index contributed by atoms with van der Waals surface area (Å²) in [4.78, 5) is 12.7. The molecule has 0 aliphatic heterocycles.